The Morgan fingerprint density at radius 1 is 1.25 bits per heavy atom. The van der Waals surface area contributed by atoms with Crippen LogP contribution in [0.15, 0.2) is 0 Å². The Kier molecular flexibility index (Phi) is 1.62. The SMILES string of the molecule is CC12CC[C-](C1)C(C)(F)C2.[Rf].[Rf]. The predicted molar refractivity (Wildman–Crippen MR) is 39.3 cm³/mol. The first-order chi connectivity index (χ1) is 4.52. The topological polar surface area (TPSA) is 0 Å². The van der Waals surface area contributed by atoms with Crippen LogP contribution in [0.2, 0.25) is 0 Å². The monoisotopic (exact) mass is 675 g/mol. The summed E-state index contributed by atoms with van der Waals surface area (Å²) in [6, 6.07) is 0. The first kappa shape index (κ1) is 9.93. The van der Waals surface area contributed by atoms with Crippen LogP contribution in [0, 0.1) is 11.3 Å². The number of alkyl halides is 1. The van der Waals surface area contributed by atoms with Gasteiger partial charge in [-0.05, 0) is 12.1 Å². The van der Waals surface area contributed by atoms with Gasteiger partial charge in [0, 0.05) is 0 Å². The van der Waals surface area contributed by atoms with Crippen LogP contribution in [0.4, 0.5) is 4.39 Å². The van der Waals surface area contributed by atoms with E-state index in [1.165, 1.54) is 12.3 Å². The van der Waals surface area contributed by atoms with E-state index in [1.807, 2.05) is 0 Å². The van der Waals surface area contributed by atoms with Crippen LogP contribution >= 0.6 is 0 Å². The molecule has 2 aliphatic carbocycles. The van der Waals surface area contributed by atoms with Gasteiger partial charge in [0.25, 0.3) is 0 Å². The second kappa shape index (κ2) is 1.96. The molecule has 0 spiro atoms. The van der Waals surface area contributed by atoms with E-state index in [1.54, 1.807) is 6.92 Å². The fourth-order valence-electron chi connectivity index (χ4n) is 2.67. The molecule has 2 aliphatic rings. The predicted octanol–water partition coefficient (Wildman–Crippen LogP) is 2.88. The van der Waals surface area contributed by atoms with Crippen molar-refractivity contribution >= 4 is 0 Å². The molecule has 0 aromatic heterocycles. The molecule has 2 unspecified atom stereocenters. The molecule has 3 heteroatoms. The van der Waals surface area contributed by atoms with Gasteiger partial charge in [-0.25, -0.2) is 0 Å². The molecule has 0 saturated heterocycles. The molecule has 62 valence electrons. The van der Waals surface area contributed by atoms with Gasteiger partial charge < -0.3 is 0 Å². The normalized spacial score (nSPS) is 45.2. The average molecular weight is 675 g/mol. The molecule has 0 radical (unpaired) electrons. The molecule has 2 rings (SSSR count). The number of hydrogen-bond acceptors (Lipinski definition) is 0. The van der Waals surface area contributed by atoms with Crippen molar-refractivity contribution in [3.63, 3.8) is 0 Å². The molecule has 0 aliphatic heterocycles. The van der Waals surface area contributed by atoms with Crippen LogP contribution in [-0.2, 0) is 0 Å². The molecule has 12 heavy (non-hydrogen) atoms. The third-order valence-electron chi connectivity index (χ3n) is 3.17. The van der Waals surface area contributed by atoms with Gasteiger partial charge in [-0.3, -0.25) is 10.3 Å². The standard InChI is InChI=1S/C9H14F.2Rf/c1-8-4-3-7(5-8)9(2,10)6-8;;/h3-6H2,1-2H3;;/q-1;;. The van der Waals surface area contributed by atoms with E-state index in [0.717, 1.165) is 19.3 Å². The molecule has 0 aromatic carbocycles. The fraction of sp³-hybridized carbons (Fsp3) is 0.889. The maximum Gasteiger partial charge on any atom is 0 e. The number of rotatable bonds is 0. The van der Waals surface area contributed by atoms with Crippen LogP contribution in [0.3, 0.4) is 0 Å². The maximum absolute atomic E-state index is 13.5. The van der Waals surface area contributed by atoms with E-state index >= 15 is 0 Å². The molecule has 0 nitrogen and oxygen atoms in total. The zero-order valence-electron chi connectivity index (χ0n) is 8.12. The first-order valence-corrected chi connectivity index (χ1v) is 4.06. The van der Waals surface area contributed by atoms with Gasteiger partial charge in [-0.15, -0.1) is 0 Å². The Balaban J connectivity index is 0.000000605. The second-order valence-corrected chi connectivity index (χ2v) is 4.47. The smallest absolute Gasteiger partial charge is 0 e. The van der Waals surface area contributed by atoms with Gasteiger partial charge in [0.15, 0.2) is 0 Å². The minimum Gasteiger partial charge on any atom is -0.279 e. The van der Waals surface area contributed by atoms with E-state index in [-0.39, 0.29) is 0 Å². The van der Waals surface area contributed by atoms with Crippen molar-refractivity contribution in [3.05, 3.63) is 5.92 Å². The van der Waals surface area contributed by atoms with E-state index < -0.39 is 5.67 Å². The molecule has 2 atom stereocenters. The van der Waals surface area contributed by atoms with Crippen LogP contribution in [0.25, 0.3) is 0 Å². The summed E-state index contributed by atoms with van der Waals surface area (Å²) in [7, 11) is 0. The summed E-state index contributed by atoms with van der Waals surface area (Å²) in [5.74, 6) is 1.18. The molecule has 2 saturated carbocycles. The van der Waals surface area contributed by atoms with E-state index in [2.05, 4.69) is 6.92 Å². The van der Waals surface area contributed by atoms with Gasteiger partial charge in [0.2, 0.25) is 0 Å². The second-order valence-electron chi connectivity index (χ2n) is 4.47. The minimum atomic E-state index is -0.910. The van der Waals surface area contributed by atoms with Crippen molar-refractivity contribution < 1.29 is 4.39 Å². The third kappa shape index (κ3) is 0.869. The summed E-state index contributed by atoms with van der Waals surface area (Å²) >= 11 is 0. The summed E-state index contributed by atoms with van der Waals surface area (Å²) in [6.07, 6.45) is 4.10. The summed E-state index contributed by atoms with van der Waals surface area (Å²) < 4.78 is 13.5. The van der Waals surface area contributed by atoms with Crippen LogP contribution in [0.5, 0.6) is 0 Å². The van der Waals surface area contributed by atoms with Gasteiger partial charge in [-0.2, -0.15) is 12.8 Å². The van der Waals surface area contributed by atoms with Crippen molar-refractivity contribution in [2.24, 2.45) is 5.41 Å². The van der Waals surface area contributed by atoms with E-state index in [4.69, 9.17) is 0 Å². The van der Waals surface area contributed by atoms with Crippen LogP contribution in [-0.4, -0.2) is 5.67 Å². The Morgan fingerprint density at radius 2 is 1.83 bits per heavy atom. The van der Waals surface area contributed by atoms with E-state index in [0.29, 0.717) is 5.41 Å². The maximum atomic E-state index is 13.5. The largest absolute Gasteiger partial charge is 0.279 e. The molecule has 0 aromatic rings. The minimum absolute atomic E-state index is 0. The van der Waals surface area contributed by atoms with Crippen LogP contribution < -0.4 is 0 Å². The Labute approximate surface area is 61.8 Å². The van der Waals surface area contributed by atoms with Crippen molar-refractivity contribution in [2.75, 3.05) is 0 Å². The van der Waals surface area contributed by atoms with Crippen molar-refractivity contribution in [1.82, 2.24) is 0 Å². The van der Waals surface area contributed by atoms with Crippen LogP contribution in [0.1, 0.15) is 39.5 Å². The van der Waals surface area contributed by atoms with E-state index in [9.17, 15) is 4.39 Å². The molecule has 2 fully saturated rings. The number of fused-ring (bicyclic) bond motifs is 2. The fourth-order valence-corrected chi connectivity index (χ4v) is 2.67. The quantitative estimate of drug-likeness (QED) is 0.347. The Morgan fingerprint density at radius 3 is 2.00 bits per heavy atom. The van der Waals surface area contributed by atoms with Gasteiger partial charge >= 0.3 is 0 Å². The Bertz CT molecular complexity index is 167. The molecule has 0 N–H and O–H groups in total. The van der Waals surface area contributed by atoms with Gasteiger partial charge in [0.05, 0.1) is 0 Å². The summed E-state index contributed by atoms with van der Waals surface area (Å²) in [6.45, 7) is 3.96. The summed E-state index contributed by atoms with van der Waals surface area (Å²) in [5, 5.41) is 0. The zero-order chi connectivity index (χ0) is 7.41. The molecule has 0 amide bonds. The summed E-state index contributed by atoms with van der Waals surface area (Å²) in [4.78, 5) is 0. The zero-order valence-corrected chi connectivity index (χ0v) is 20.9. The molecule has 0 heterocycles. The van der Waals surface area contributed by atoms with Crippen molar-refractivity contribution in [1.29, 1.82) is 0 Å². The van der Waals surface area contributed by atoms with Crippen molar-refractivity contribution in [3.8, 4) is 0 Å². The number of hydrogen-bond donors (Lipinski definition) is 0. The molecular weight excluding hydrogens is 661 g/mol. The van der Waals surface area contributed by atoms with Crippen molar-refractivity contribution in [2.45, 2.75) is 45.2 Å². The first-order valence-electron chi connectivity index (χ1n) is 4.06. The summed E-state index contributed by atoms with van der Waals surface area (Å²) in [5.41, 5.74) is -0.578. The van der Waals surface area contributed by atoms with Gasteiger partial charge in [0.1, 0.15) is 0 Å². The third-order valence-corrected chi connectivity index (χ3v) is 3.17. The molecular formula is C9H14FRf2-. The van der Waals surface area contributed by atoms with Gasteiger partial charge in [-0.1, -0.05) is 25.7 Å². The average Bonchev–Trinajstić information content (AvgIpc) is 2.16. The number of halogens is 1. The Hall–Kier alpha value is -2.07. The molecule has 2 bridgehead atoms.